The van der Waals surface area contributed by atoms with Gasteiger partial charge in [-0.05, 0) is 37.3 Å². The minimum atomic E-state index is 0.0209. The van der Waals surface area contributed by atoms with Gasteiger partial charge in [-0.25, -0.2) is 0 Å². The van der Waals surface area contributed by atoms with Crippen molar-refractivity contribution in [1.82, 2.24) is 5.32 Å². The summed E-state index contributed by atoms with van der Waals surface area (Å²) in [5, 5.41) is 11.8. The summed E-state index contributed by atoms with van der Waals surface area (Å²) in [4.78, 5) is 12.0. The van der Waals surface area contributed by atoms with Crippen molar-refractivity contribution in [3.63, 3.8) is 0 Å². The van der Waals surface area contributed by atoms with Crippen LogP contribution in [0.3, 0.4) is 0 Å². The molecule has 1 heterocycles. The molecule has 19 heavy (non-hydrogen) atoms. The number of fused-ring (bicyclic) bond motifs is 1. The molecule has 0 spiro atoms. The van der Waals surface area contributed by atoms with Gasteiger partial charge in [0, 0.05) is 19.1 Å². The molecule has 0 bridgehead atoms. The highest BCUT2D eigenvalue weighted by Crippen LogP contribution is 2.35. The minimum Gasteiger partial charge on any atom is -0.493 e. The van der Waals surface area contributed by atoms with E-state index in [0.29, 0.717) is 19.4 Å². The van der Waals surface area contributed by atoms with Gasteiger partial charge in [-0.3, -0.25) is 4.79 Å². The minimum absolute atomic E-state index is 0.0209. The topological polar surface area (TPSA) is 58.6 Å². The molecule has 1 aromatic rings. The van der Waals surface area contributed by atoms with Crippen molar-refractivity contribution in [2.45, 2.75) is 38.1 Å². The fraction of sp³-hybridized carbons (Fsp3) is 0.533. The fourth-order valence-corrected chi connectivity index (χ4v) is 2.45. The Hall–Kier alpha value is -1.55. The molecule has 1 amide bonds. The zero-order chi connectivity index (χ0) is 13.7. The largest absolute Gasteiger partial charge is 0.493 e. The number of nitrogens with one attached hydrogen (secondary N) is 1. The number of carbonyl (C=O) groups is 1. The Bertz CT molecular complexity index is 433. The molecule has 2 N–H and O–H groups in total. The predicted molar refractivity (Wildman–Crippen MR) is 73.2 cm³/mol. The van der Waals surface area contributed by atoms with Crippen LogP contribution in [0.25, 0.3) is 0 Å². The lowest BCUT2D eigenvalue weighted by atomic mass is 9.90. The Morgan fingerprint density at radius 2 is 2.32 bits per heavy atom. The number of aliphatic hydroxyl groups excluding tert-OH is 1. The van der Waals surface area contributed by atoms with Gasteiger partial charge in [-0.15, -0.1) is 0 Å². The van der Waals surface area contributed by atoms with Crippen molar-refractivity contribution in [1.29, 1.82) is 0 Å². The second-order valence-electron chi connectivity index (χ2n) is 5.06. The summed E-state index contributed by atoms with van der Waals surface area (Å²) in [6, 6.07) is 7.93. The van der Waals surface area contributed by atoms with E-state index in [1.807, 2.05) is 31.2 Å². The van der Waals surface area contributed by atoms with Gasteiger partial charge in [0.1, 0.15) is 5.75 Å². The number of ether oxygens (including phenoxy) is 1. The Balaban J connectivity index is 1.95. The molecule has 4 heteroatoms. The Morgan fingerprint density at radius 1 is 1.53 bits per heavy atom. The molecule has 2 rings (SSSR count). The average Bonchev–Trinajstić information content (AvgIpc) is 2.39. The number of amides is 1. The van der Waals surface area contributed by atoms with E-state index >= 15 is 0 Å². The van der Waals surface area contributed by atoms with Crippen LogP contribution in [0.4, 0.5) is 0 Å². The number of rotatable bonds is 5. The van der Waals surface area contributed by atoms with Crippen LogP contribution in [-0.2, 0) is 4.79 Å². The first-order valence-corrected chi connectivity index (χ1v) is 6.82. The maximum absolute atomic E-state index is 12.0. The highest BCUT2D eigenvalue weighted by molar-refractivity contribution is 5.77. The lowest BCUT2D eigenvalue weighted by molar-refractivity contribution is -0.122. The van der Waals surface area contributed by atoms with Crippen LogP contribution in [-0.4, -0.2) is 30.3 Å². The summed E-state index contributed by atoms with van der Waals surface area (Å²) in [5.74, 6) is 1.17. The molecule has 0 fully saturated rings. The quantitative estimate of drug-likeness (QED) is 0.852. The van der Waals surface area contributed by atoms with Gasteiger partial charge in [0.15, 0.2) is 0 Å². The number of aliphatic hydroxyl groups is 1. The molecule has 0 aliphatic carbocycles. The van der Waals surface area contributed by atoms with Gasteiger partial charge >= 0.3 is 0 Å². The highest BCUT2D eigenvalue weighted by atomic mass is 16.5. The molecule has 104 valence electrons. The third-order valence-electron chi connectivity index (χ3n) is 3.48. The SMILES string of the molecule is C[C@H](CCO)NC(=O)CC1CCOc2ccccc21. The molecular formula is C15H21NO3. The third-order valence-corrected chi connectivity index (χ3v) is 3.48. The van der Waals surface area contributed by atoms with Crippen molar-refractivity contribution in [3.8, 4) is 5.75 Å². The number of para-hydroxylation sites is 1. The first-order valence-electron chi connectivity index (χ1n) is 6.82. The van der Waals surface area contributed by atoms with E-state index in [0.717, 1.165) is 17.7 Å². The molecule has 4 nitrogen and oxygen atoms in total. The summed E-state index contributed by atoms with van der Waals surface area (Å²) in [6.07, 6.45) is 1.95. The van der Waals surface area contributed by atoms with Crippen molar-refractivity contribution in [2.75, 3.05) is 13.2 Å². The van der Waals surface area contributed by atoms with Gasteiger partial charge in [0.05, 0.1) is 6.61 Å². The monoisotopic (exact) mass is 263 g/mol. The normalized spacial score (nSPS) is 19.2. The molecule has 1 aliphatic heterocycles. The molecule has 1 unspecified atom stereocenters. The molecule has 1 aliphatic rings. The number of benzene rings is 1. The van der Waals surface area contributed by atoms with Crippen LogP contribution >= 0.6 is 0 Å². The average molecular weight is 263 g/mol. The summed E-state index contributed by atoms with van der Waals surface area (Å²) < 4.78 is 5.59. The summed E-state index contributed by atoms with van der Waals surface area (Å²) in [6.45, 7) is 2.68. The first kappa shape index (κ1) is 13.9. The van der Waals surface area contributed by atoms with Crippen LogP contribution in [0.1, 0.15) is 37.7 Å². The van der Waals surface area contributed by atoms with E-state index in [1.165, 1.54) is 0 Å². The van der Waals surface area contributed by atoms with Gasteiger partial charge in [-0.2, -0.15) is 0 Å². The predicted octanol–water partition coefficient (Wildman–Crippen LogP) is 1.83. The molecule has 2 atom stereocenters. The van der Waals surface area contributed by atoms with Crippen LogP contribution < -0.4 is 10.1 Å². The van der Waals surface area contributed by atoms with Crippen molar-refractivity contribution < 1.29 is 14.6 Å². The van der Waals surface area contributed by atoms with Gasteiger partial charge in [-0.1, -0.05) is 18.2 Å². The summed E-state index contributed by atoms with van der Waals surface area (Å²) in [5.41, 5.74) is 1.12. The molecule has 0 radical (unpaired) electrons. The maximum Gasteiger partial charge on any atom is 0.220 e. The van der Waals surface area contributed by atoms with E-state index in [-0.39, 0.29) is 24.5 Å². The van der Waals surface area contributed by atoms with E-state index in [1.54, 1.807) is 0 Å². The number of hydrogen-bond acceptors (Lipinski definition) is 3. The molecule has 1 aromatic carbocycles. The zero-order valence-corrected chi connectivity index (χ0v) is 11.3. The number of carbonyl (C=O) groups excluding carboxylic acids is 1. The van der Waals surface area contributed by atoms with E-state index in [9.17, 15) is 4.79 Å². The standard InChI is InChI=1S/C15H21NO3/c1-11(6-8-17)16-15(18)10-12-7-9-19-14-5-3-2-4-13(12)14/h2-5,11-12,17H,6-10H2,1H3,(H,16,18)/t11-,12?/m1/s1. The maximum atomic E-state index is 12.0. The first-order chi connectivity index (χ1) is 9.20. The van der Waals surface area contributed by atoms with E-state index in [2.05, 4.69) is 5.32 Å². The molecule has 0 aromatic heterocycles. The van der Waals surface area contributed by atoms with Crippen LogP contribution in [0.2, 0.25) is 0 Å². The van der Waals surface area contributed by atoms with Crippen molar-refractivity contribution in [3.05, 3.63) is 29.8 Å². The van der Waals surface area contributed by atoms with Crippen molar-refractivity contribution >= 4 is 5.91 Å². The van der Waals surface area contributed by atoms with Gasteiger partial charge in [0.2, 0.25) is 5.91 Å². The van der Waals surface area contributed by atoms with Gasteiger partial charge < -0.3 is 15.2 Å². The van der Waals surface area contributed by atoms with Crippen LogP contribution in [0.5, 0.6) is 5.75 Å². The molecule has 0 saturated heterocycles. The Morgan fingerprint density at radius 3 is 3.11 bits per heavy atom. The fourth-order valence-electron chi connectivity index (χ4n) is 2.45. The lowest BCUT2D eigenvalue weighted by Crippen LogP contribution is -2.34. The Labute approximate surface area is 113 Å². The lowest BCUT2D eigenvalue weighted by Gasteiger charge is -2.26. The summed E-state index contributed by atoms with van der Waals surface area (Å²) in [7, 11) is 0. The number of hydrogen-bond donors (Lipinski definition) is 2. The smallest absolute Gasteiger partial charge is 0.220 e. The van der Waals surface area contributed by atoms with Crippen LogP contribution in [0.15, 0.2) is 24.3 Å². The highest BCUT2D eigenvalue weighted by Gasteiger charge is 2.23. The molecule has 0 saturated carbocycles. The summed E-state index contributed by atoms with van der Waals surface area (Å²) >= 11 is 0. The molecular weight excluding hydrogens is 242 g/mol. The van der Waals surface area contributed by atoms with Crippen molar-refractivity contribution in [2.24, 2.45) is 0 Å². The zero-order valence-electron chi connectivity index (χ0n) is 11.3. The van der Waals surface area contributed by atoms with E-state index < -0.39 is 0 Å². The second kappa shape index (κ2) is 6.57. The van der Waals surface area contributed by atoms with Crippen LogP contribution in [0, 0.1) is 0 Å². The third kappa shape index (κ3) is 3.70. The van der Waals surface area contributed by atoms with E-state index in [4.69, 9.17) is 9.84 Å². The van der Waals surface area contributed by atoms with Gasteiger partial charge in [0.25, 0.3) is 0 Å². The second-order valence-corrected chi connectivity index (χ2v) is 5.06. The Kier molecular flexibility index (Phi) is 4.80.